The minimum absolute atomic E-state index is 0.138. The van der Waals surface area contributed by atoms with Gasteiger partial charge < -0.3 is 14.2 Å². The molecule has 1 aliphatic heterocycles. The van der Waals surface area contributed by atoms with Crippen molar-refractivity contribution in [3.8, 4) is 0 Å². The molecule has 0 aromatic rings. The Bertz CT molecular complexity index is 407. The van der Waals surface area contributed by atoms with Gasteiger partial charge in [-0.05, 0) is 55.3 Å². The fourth-order valence-corrected chi connectivity index (χ4v) is 5.90. The van der Waals surface area contributed by atoms with E-state index in [9.17, 15) is 0 Å². The van der Waals surface area contributed by atoms with E-state index in [2.05, 4.69) is 34.6 Å². The van der Waals surface area contributed by atoms with Crippen molar-refractivity contribution in [1.82, 2.24) is 0 Å². The second-order valence-electron chi connectivity index (χ2n) is 8.28. The minimum atomic E-state index is -0.202. The molecular formula is C18H32O3. The highest BCUT2D eigenvalue weighted by Crippen LogP contribution is 2.68. The summed E-state index contributed by atoms with van der Waals surface area (Å²) in [5.41, 5.74) is 0.377. The molecule has 2 saturated carbocycles. The molecule has 1 heterocycles. The first-order valence-corrected chi connectivity index (χ1v) is 8.64. The van der Waals surface area contributed by atoms with Crippen molar-refractivity contribution in [2.45, 2.75) is 78.3 Å². The van der Waals surface area contributed by atoms with Crippen LogP contribution in [0.4, 0.5) is 0 Å². The third kappa shape index (κ3) is 1.90. The summed E-state index contributed by atoms with van der Waals surface area (Å²) < 4.78 is 17.9. The topological polar surface area (TPSA) is 27.7 Å². The Morgan fingerprint density at radius 2 is 1.90 bits per heavy atom. The molecule has 0 aromatic carbocycles. The zero-order chi connectivity index (χ0) is 15.5. The predicted octanol–water partition coefficient (Wildman–Crippen LogP) is 4.01. The average molecular weight is 296 g/mol. The first-order valence-electron chi connectivity index (χ1n) is 8.64. The normalized spacial score (nSPS) is 51.7. The van der Waals surface area contributed by atoms with Gasteiger partial charge in [0, 0.05) is 7.11 Å². The van der Waals surface area contributed by atoms with Crippen molar-refractivity contribution in [3.05, 3.63) is 0 Å². The number of hydrogen-bond donors (Lipinski definition) is 0. The lowest BCUT2D eigenvalue weighted by Crippen LogP contribution is -2.62. The lowest BCUT2D eigenvalue weighted by atomic mass is 9.48. The van der Waals surface area contributed by atoms with Gasteiger partial charge in [0.15, 0.2) is 6.29 Å². The van der Waals surface area contributed by atoms with E-state index in [4.69, 9.17) is 14.2 Å². The monoisotopic (exact) mass is 296 g/mol. The van der Waals surface area contributed by atoms with Crippen LogP contribution in [0.15, 0.2) is 0 Å². The van der Waals surface area contributed by atoms with Crippen molar-refractivity contribution >= 4 is 0 Å². The van der Waals surface area contributed by atoms with Crippen LogP contribution in [0.25, 0.3) is 0 Å². The van der Waals surface area contributed by atoms with Crippen LogP contribution in [0, 0.1) is 22.7 Å². The van der Waals surface area contributed by atoms with Crippen LogP contribution < -0.4 is 0 Å². The molecule has 21 heavy (non-hydrogen) atoms. The van der Waals surface area contributed by atoms with E-state index in [1.54, 1.807) is 7.11 Å². The molecule has 3 aliphatic rings. The molecule has 0 spiro atoms. The first kappa shape index (κ1) is 15.8. The number of methoxy groups -OCH3 is 1. The highest BCUT2D eigenvalue weighted by Gasteiger charge is 2.68. The van der Waals surface area contributed by atoms with Crippen LogP contribution in [0.2, 0.25) is 0 Å². The van der Waals surface area contributed by atoms with Crippen LogP contribution in [-0.4, -0.2) is 31.7 Å². The molecular weight excluding hydrogens is 264 g/mol. The number of ether oxygens (including phenoxy) is 3. The van der Waals surface area contributed by atoms with Crippen LogP contribution in [0.3, 0.4) is 0 Å². The fraction of sp³-hybridized carbons (Fsp3) is 1.00. The van der Waals surface area contributed by atoms with E-state index in [1.807, 2.05) is 0 Å². The zero-order valence-electron chi connectivity index (χ0n) is 14.6. The molecule has 0 radical (unpaired) electrons. The van der Waals surface area contributed by atoms with E-state index < -0.39 is 0 Å². The standard InChI is InChI=1S/C18H32O3/c1-7-18-10-14-17(5,21-15(20-14)11-19-6)16(3,4)13(18)9-8-12(18)2/h12-15H,7-11H2,1-6H3/t12?,13?,14-,15?,17-,18+/m0/s1. The second-order valence-corrected chi connectivity index (χ2v) is 8.28. The largest absolute Gasteiger partial charge is 0.379 e. The number of hydrogen-bond acceptors (Lipinski definition) is 3. The third-order valence-electron chi connectivity index (χ3n) is 7.55. The summed E-state index contributed by atoms with van der Waals surface area (Å²) in [7, 11) is 1.71. The van der Waals surface area contributed by atoms with Crippen molar-refractivity contribution < 1.29 is 14.2 Å². The number of rotatable bonds is 3. The van der Waals surface area contributed by atoms with E-state index >= 15 is 0 Å². The Balaban J connectivity index is 1.97. The van der Waals surface area contributed by atoms with Gasteiger partial charge >= 0.3 is 0 Å². The molecule has 0 amide bonds. The molecule has 3 heteroatoms. The van der Waals surface area contributed by atoms with E-state index in [1.165, 1.54) is 19.3 Å². The maximum absolute atomic E-state index is 6.39. The summed E-state index contributed by atoms with van der Waals surface area (Å²) in [5.74, 6) is 1.53. The van der Waals surface area contributed by atoms with E-state index in [0.717, 1.165) is 18.3 Å². The van der Waals surface area contributed by atoms with Crippen LogP contribution in [0.5, 0.6) is 0 Å². The van der Waals surface area contributed by atoms with Gasteiger partial charge in [0.1, 0.15) is 5.60 Å². The Morgan fingerprint density at radius 3 is 2.52 bits per heavy atom. The van der Waals surface area contributed by atoms with Crippen LogP contribution >= 0.6 is 0 Å². The third-order valence-corrected chi connectivity index (χ3v) is 7.55. The summed E-state index contributed by atoms with van der Waals surface area (Å²) in [6, 6.07) is 0. The molecule has 3 unspecified atom stereocenters. The summed E-state index contributed by atoms with van der Waals surface area (Å²) in [6.07, 6.45) is 5.09. The first-order chi connectivity index (χ1) is 9.81. The zero-order valence-corrected chi connectivity index (χ0v) is 14.6. The molecule has 0 N–H and O–H groups in total. The molecule has 122 valence electrons. The van der Waals surface area contributed by atoms with Crippen LogP contribution in [0.1, 0.15) is 60.3 Å². The lowest BCUT2D eigenvalue weighted by Gasteiger charge is -2.59. The van der Waals surface area contributed by atoms with Gasteiger partial charge in [-0.3, -0.25) is 0 Å². The SMILES string of the molecule is CC[C@]12C[C@@H]3OC(COC)O[C@]3(C)C(C)(C)C1CCC2C. The molecule has 0 bridgehead atoms. The average Bonchev–Trinajstić information content (AvgIpc) is 2.91. The number of fused-ring (bicyclic) bond motifs is 2. The maximum atomic E-state index is 6.39. The molecule has 6 atom stereocenters. The van der Waals surface area contributed by atoms with E-state index in [-0.39, 0.29) is 23.4 Å². The van der Waals surface area contributed by atoms with Crippen molar-refractivity contribution in [3.63, 3.8) is 0 Å². The van der Waals surface area contributed by atoms with Gasteiger partial charge in [0.25, 0.3) is 0 Å². The molecule has 1 saturated heterocycles. The predicted molar refractivity (Wildman–Crippen MR) is 83.0 cm³/mol. The summed E-state index contributed by atoms with van der Waals surface area (Å²) in [5, 5.41) is 0. The highest BCUT2D eigenvalue weighted by atomic mass is 16.8. The fourth-order valence-electron chi connectivity index (χ4n) is 5.90. The Labute approximate surface area is 129 Å². The van der Waals surface area contributed by atoms with E-state index in [0.29, 0.717) is 12.0 Å². The Morgan fingerprint density at radius 1 is 1.19 bits per heavy atom. The molecule has 0 aromatic heterocycles. The molecule has 2 aliphatic carbocycles. The van der Waals surface area contributed by atoms with Crippen molar-refractivity contribution in [2.75, 3.05) is 13.7 Å². The lowest BCUT2D eigenvalue weighted by molar-refractivity contribution is -0.186. The van der Waals surface area contributed by atoms with Gasteiger partial charge in [-0.2, -0.15) is 0 Å². The highest BCUT2D eigenvalue weighted by molar-refractivity contribution is 5.16. The second kappa shape index (κ2) is 4.94. The summed E-state index contributed by atoms with van der Waals surface area (Å²) in [4.78, 5) is 0. The minimum Gasteiger partial charge on any atom is -0.379 e. The van der Waals surface area contributed by atoms with Gasteiger partial charge in [-0.15, -0.1) is 0 Å². The van der Waals surface area contributed by atoms with Gasteiger partial charge in [-0.25, -0.2) is 0 Å². The summed E-state index contributed by atoms with van der Waals surface area (Å²) >= 11 is 0. The van der Waals surface area contributed by atoms with Crippen molar-refractivity contribution in [2.24, 2.45) is 22.7 Å². The molecule has 3 rings (SSSR count). The quantitative estimate of drug-likeness (QED) is 0.787. The van der Waals surface area contributed by atoms with Gasteiger partial charge in [0.2, 0.25) is 0 Å². The van der Waals surface area contributed by atoms with Crippen molar-refractivity contribution in [1.29, 1.82) is 0 Å². The molecule has 3 nitrogen and oxygen atoms in total. The Kier molecular flexibility index (Phi) is 3.71. The maximum Gasteiger partial charge on any atom is 0.182 e. The smallest absolute Gasteiger partial charge is 0.182 e. The summed E-state index contributed by atoms with van der Waals surface area (Å²) in [6.45, 7) is 12.4. The Hall–Kier alpha value is -0.120. The van der Waals surface area contributed by atoms with Gasteiger partial charge in [0.05, 0.1) is 12.7 Å². The van der Waals surface area contributed by atoms with Gasteiger partial charge in [-0.1, -0.05) is 27.7 Å². The van der Waals surface area contributed by atoms with Crippen LogP contribution in [-0.2, 0) is 14.2 Å². The molecule has 3 fully saturated rings.